The lowest BCUT2D eigenvalue weighted by molar-refractivity contribution is 0.0483. The zero-order chi connectivity index (χ0) is 25.3. The molecule has 0 bridgehead atoms. The number of hydrogen-bond donors (Lipinski definition) is 4. The number of nitrogens with one attached hydrogen (secondary N) is 2. The van der Waals surface area contributed by atoms with Crippen molar-refractivity contribution in [1.29, 1.82) is 0 Å². The van der Waals surface area contributed by atoms with Crippen molar-refractivity contribution >= 4 is 0 Å². The number of benzene rings is 2. The summed E-state index contributed by atoms with van der Waals surface area (Å²) >= 11 is 0. The summed E-state index contributed by atoms with van der Waals surface area (Å²) in [5, 5.41) is 29.2. The molecule has 2 aromatic carbocycles. The summed E-state index contributed by atoms with van der Waals surface area (Å²) in [6.45, 7) is 19.4. The highest BCUT2D eigenvalue weighted by molar-refractivity contribution is 5.47. The molecular formula is C29H44N2O3. The zero-order valence-corrected chi connectivity index (χ0v) is 22.3. The van der Waals surface area contributed by atoms with Gasteiger partial charge >= 0.3 is 0 Å². The van der Waals surface area contributed by atoms with E-state index in [-0.39, 0.29) is 22.9 Å². The van der Waals surface area contributed by atoms with Gasteiger partial charge in [0.05, 0.1) is 6.61 Å². The van der Waals surface area contributed by atoms with Crippen LogP contribution in [0.15, 0.2) is 24.3 Å². The third kappa shape index (κ3) is 6.32. The first kappa shape index (κ1) is 26.5. The highest BCUT2D eigenvalue weighted by Crippen LogP contribution is 2.35. The van der Waals surface area contributed by atoms with E-state index in [1.807, 2.05) is 0 Å². The van der Waals surface area contributed by atoms with E-state index in [9.17, 15) is 10.2 Å². The Morgan fingerprint density at radius 2 is 1.21 bits per heavy atom. The van der Waals surface area contributed by atoms with E-state index in [1.165, 1.54) is 0 Å². The molecule has 5 nitrogen and oxygen atoms in total. The van der Waals surface area contributed by atoms with Crippen LogP contribution in [0.1, 0.15) is 81.3 Å². The standard InChI is InChI=1S/C29H44N2O3/c1-18-11-20(26(32)22(13-18)28(3,4)5)15-30-24-9-10-34-17-25(24)31-16-21-12-19(2)14-23(27(21)33)29(6,7)8/h11-14,24-25,30-33H,9-10,15-17H2,1-8H3/t24-,25-/m0/s1. The van der Waals surface area contributed by atoms with E-state index in [0.717, 1.165) is 39.8 Å². The molecule has 1 fully saturated rings. The highest BCUT2D eigenvalue weighted by atomic mass is 16.5. The van der Waals surface area contributed by atoms with Gasteiger partial charge in [-0.05, 0) is 42.2 Å². The molecule has 0 aliphatic carbocycles. The Bertz CT molecular complexity index is 920. The molecule has 3 rings (SSSR count). The van der Waals surface area contributed by atoms with E-state index in [4.69, 9.17) is 4.74 Å². The number of ether oxygens (including phenoxy) is 1. The maximum atomic E-state index is 10.9. The van der Waals surface area contributed by atoms with Gasteiger partial charge in [-0.1, -0.05) is 76.9 Å². The molecule has 2 aromatic rings. The number of rotatable bonds is 6. The second kappa shape index (κ2) is 10.3. The van der Waals surface area contributed by atoms with Crippen molar-refractivity contribution < 1.29 is 14.9 Å². The molecule has 1 aliphatic rings. The molecule has 0 radical (unpaired) electrons. The average Bonchev–Trinajstić information content (AvgIpc) is 2.73. The predicted molar refractivity (Wildman–Crippen MR) is 140 cm³/mol. The molecule has 188 valence electrons. The monoisotopic (exact) mass is 468 g/mol. The maximum Gasteiger partial charge on any atom is 0.123 e. The van der Waals surface area contributed by atoms with Crippen molar-refractivity contribution in [2.24, 2.45) is 0 Å². The van der Waals surface area contributed by atoms with Gasteiger partial charge in [-0.15, -0.1) is 0 Å². The van der Waals surface area contributed by atoms with Crippen LogP contribution >= 0.6 is 0 Å². The highest BCUT2D eigenvalue weighted by Gasteiger charge is 2.27. The van der Waals surface area contributed by atoms with Crippen LogP contribution in [0.5, 0.6) is 11.5 Å². The van der Waals surface area contributed by atoms with Gasteiger partial charge < -0.3 is 25.6 Å². The Balaban J connectivity index is 1.72. The first-order chi connectivity index (χ1) is 15.8. The number of aromatic hydroxyl groups is 2. The predicted octanol–water partition coefficient (Wildman–Crippen LogP) is 5.35. The van der Waals surface area contributed by atoms with E-state index in [1.54, 1.807) is 0 Å². The van der Waals surface area contributed by atoms with E-state index in [0.29, 0.717) is 37.8 Å². The molecular weight excluding hydrogens is 424 g/mol. The molecule has 2 atom stereocenters. The Labute approximate surface area is 205 Å². The average molecular weight is 469 g/mol. The van der Waals surface area contributed by atoms with Gasteiger partial charge in [-0.3, -0.25) is 0 Å². The minimum absolute atomic E-state index is 0.112. The molecule has 0 spiro atoms. The lowest BCUT2D eigenvalue weighted by atomic mass is 9.84. The Kier molecular flexibility index (Phi) is 8.01. The molecule has 1 heterocycles. The minimum atomic E-state index is -0.120. The van der Waals surface area contributed by atoms with Gasteiger partial charge in [0.25, 0.3) is 0 Å². The molecule has 4 N–H and O–H groups in total. The quantitative estimate of drug-likeness (QED) is 0.460. The van der Waals surface area contributed by atoms with Gasteiger partial charge in [-0.2, -0.15) is 0 Å². The molecule has 1 saturated heterocycles. The second-order valence-electron chi connectivity index (χ2n) is 12.0. The van der Waals surface area contributed by atoms with Crippen LogP contribution in [-0.4, -0.2) is 35.5 Å². The van der Waals surface area contributed by atoms with E-state index >= 15 is 0 Å². The van der Waals surface area contributed by atoms with Crippen molar-refractivity contribution in [1.82, 2.24) is 10.6 Å². The number of aryl methyl sites for hydroxylation is 2. The van der Waals surface area contributed by atoms with Crippen LogP contribution in [-0.2, 0) is 28.7 Å². The van der Waals surface area contributed by atoms with Gasteiger partial charge in [0.15, 0.2) is 0 Å². The van der Waals surface area contributed by atoms with Crippen LogP contribution in [0.2, 0.25) is 0 Å². The van der Waals surface area contributed by atoms with Crippen molar-refractivity contribution in [3.63, 3.8) is 0 Å². The third-order valence-corrected chi connectivity index (χ3v) is 6.75. The Morgan fingerprint density at radius 3 is 1.65 bits per heavy atom. The van der Waals surface area contributed by atoms with Gasteiger partial charge in [-0.25, -0.2) is 0 Å². The summed E-state index contributed by atoms with van der Waals surface area (Å²) in [7, 11) is 0. The number of phenols is 2. The van der Waals surface area contributed by atoms with Gasteiger partial charge in [0.1, 0.15) is 11.5 Å². The summed E-state index contributed by atoms with van der Waals surface area (Å²) in [6.07, 6.45) is 0.892. The summed E-state index contributed by atoms with van der Waals surface area (Å²) in [5.41, 5.74) is 5.88. The second-order valence-corrected chi connectivity index (χ2v) is 12.0. The van der Waals surface area contributed by atoms with Gasteiger partial charge in [0.2, 0.25) is 0 Å². The first-order valence-corrected chi connectivity index (χ1v) is 12.5. The fourth-order valence-electron chi connectivity index (χ4n) is 4.79. The molecule has 0 unspecified atom stereocenters. The topological polar surface area (TPSA) is 73.8 Å². The SMILES string of the molecule is Cc1cc(CN[C@H]2CCOC[C@@H]2NCc2cc(C)cc(C(C)(C)C)c2O)c(O)c(C(C)(C)C)c1. The van der Waals surface area contributed by atoms with Crippen LogP contribution in [0.25, 0.3) is 0 Å². The Morgan fingerprint density at radius 1 is 0.765 bits per heavy atom. The fraction of sp³-hybridized carbons (Fsp3) is 0.586. The molecule has 0 amide bonds. The summed E-state index contributed by atoms with van der Waals surface area (Å²) in [4.78, 5) is 0. The third-order valence-electron chi connectivity index (χ3n) is 6.75. The van der Waals surface area contributed by atoms with Gasteiger partial charge in [0, 0.05) is 42.9 Å². The Hall–Kier alpha value is -2.08. The minimum Gasteiger partial charge on any atom is -0.507 e. The van der Waals surface area contributed by atoms with E-state index in [2.05, 4.69) is 90.3 Å². The molecule has 5 heteroatoms. The van der Waals surface area contributed by atoms with Crippen molar-refractivity contribution in [3.8, 4) is 11.5 Å². The smallest absolute Gasteiger partial charge is 0.123 e. The lowest BCUT2D eigenvalue weighted by Crippen LogP contribution is -2.53. The van der Waals surface area contributed by atoms with Crippen LogP contribution in [0.4, 0.5) is 0 Å². The maximum absolute atomic E-state index is 10.9. The molecule has 34 heavy (non-hydrogen) atoms. The van der Waals surface area contributed by atoms with E-state index < -0.39 is 0 Å². The normalized spacial score (nSPS) is 19.4. The lowest BCUT2D eigenvalue weighted by Gasteiger charge is -2.34. The summed E-state index contributed by atoms with van der Waals surface area (Å²) in [5.74, 6) is 0.771. The molecule has 0 aromatic heterocycles. The summed E-state index contributed by atoms with van der Waals surface area (Å²) in [6, 6.07) is 8.60. The first-order valence-electron chi connectivity index (χ1n) is 12.5. The largest absolute Gasteiger partial charge is 0.507 e. The number of phenolic OH excluding ortho intramolecular Hbond substituents is 2. The fourth-order valence-corrected chi connectivity index (χ4v) is 4.79. The molecule has 0 saturated carbocycles. The van der Waals surface area contributed by atoms with Crippen molar-refractivity contribution in [2.75, 3.05) is 13.2 Å². The van der Waals surface area contributed by atoms with Crippen LogP contribution in [0.3, 0.4) is 0 Å². The zero-order valence-electron chi connectivity index (χ0n) is 22.3. The van der Waals surface area contributed by atoms with Crippen LogP contribution < -0.4 is 10.6 Å². The van der Waals surface area contributed by atoms with Crippen LogP contribution in [0, 0.1) is 13.8 Å². The van der Waals surface area contributed by atoms with Crippen molar-refractivity contribution in [3.05, 3.63) is 57.6 Å². The molecule has 1 aliphatic heterocycles. The number of hydrogen-bond acceptors (Lipinski definition) is 5. The summed E-state index contributed by atoms with van der Waals surface area (Å²) < 4.78 is 5.78. The van der Waals surface area contributed by atoms with Crippen molar-refractivity contribution in [2.45, 2.75) is 97.8 Å².